The van der Waals surface area contributed by atoms with Gasteiger partial charge in [-0.05, 0) is 80.4 Å². The highest BCUT2D eigenvalue weighted by Crippen LogP contribution is 2.49. The lowest BCUT2D eigenvalue weighted by Gasteiger charge is -2.29. The molecule has 0 radical (unpaired) electrons. The van der Waals surface area contributed by atoms with E-state index in [1.165, 1.54) is 30.0 Å². The smallest absolute Gasteiger partial charge is 0.243 e. The van der Waals surface area contributed by atoms with Gasteiger partial charge in [0, 0.05) is 24.8 Å². The summed E-state index contributed by atoms with van der Waals surface area (Å²) in [6.45, 7) is 3.91. The SMILES string of the molecule is C[C@@H](NC(=S)Nc1ccc(S(=O)(=O)N2CCOCC2)cc1)[C@@H]1C[C@H]2CC[C@H]1C2. The molecule has 4 atom stereocenters. The molecule has 0 amide bonds. The zero-order chi connectivity index (χ0) is 19.7. The molecule has 1 aliphatic heterocycles. The fourth-order valence-electron chi connectivity index (χ4n) is 5.03. The van der Waals surface area contributed by atoms with Crippen molar-refractivity contribution in [3.63, 3.8) is 0 Å². The molecule has 2 bridgehead atoms. The van der Waals surface area contributed by atoms with Gasteiger partial charge in [0.1, 0.15) is 0 Å². The summed E-state index contributed by atoms with van der Waals surface area (Å²) in [4.78, 5) is 0.300. The van der Waals surface area contributed by atoms with Gasteiger partial charge in [-0.1, -0.05) is 6.42 Å². The molecule has 8 heteroatoms. The van der Waals surface area contributed by atoms with Crippen molar-refractivity contribution < 1.29 is 13.2 Å². The van der Waals surface area contributed by atoms with Gasteiger partial charge in [-0.25, -0.2) is 8.42 Å². The zero-order valence-corrected chi connectivity index (χ0v) is 17.9. The topological polar surface area (TPSA) is 70.7 Å². The number of ether oxygens (including phenoxy) is 1. The average molecular weight is 424 g/mol. The number of rotatable bonds is 5. The summed E-state index contributed by atoms with van der Waals surface area (Å²) in [5.41, 5.74) is 0.790. The summed E-state index contributed by atoms with van der Waals surface area (Å²) in [6.07, 6.45) is 5.46. The Morgan fingerprint density at radius 3 is 2.50 bits per heavy atom. The van der Waals surface area contributed by atoms with Crippen LogP contribution in [0.2, 0.25) is 0 Å². The fourth-order valence-corrected chi connectivity index (χ4v) is 6.75. The van der Waals surface area contributed by atoms with Crippen molar-refractivity contribution in [1.29, 1.82) is 0 Å². The lowest BCUT2D eigenvalue weighted by molar-refractivity contribution is 0.0730. The van der Waals surface area contributed by atoms with Gasteiger partial charge in [0.05, 0.1) is 18.1 Å². The third-order valence-electron chi connectivity index (χ3n) is 6.51. The largest absolute Gasteiger partial charge is 0.379 e. The van der Waals surface area contributed by atoms with E-state index < -0.39 is 10.0 Å². The Hall–Kier alpha value is -1.22. The maximum absolute atomic E-state index is 12.7. The predicted molar refractivity (Wildman–Crippen MR) is 114 cm³/mol. The normalized spacial score (nSPS) is 28.8. The van der Waals surface area contributed by atoms with Crippen molar-refractivity contribution in [2.24, 2.45) is 17.8 Å². The number of sulfonamides is 1. The average Bonchev–Trinajstić information content (AvgIpc) is 3.32. The quantitative estimate of drug-likeness (QED) is 0.710. The summed E-state index contributed by atoms with van der Waals surface area (Å²) in [5, 5.41) is 7.22. The van der Waals surface area contributed by atoms with Gasteiger partial charge in [-0.3, -0.25) is 0 Å². The molecule has 1 saturated heterocycles. The van der Waals surface area contributed by atoms with Crippen molar-refractivity contribution in [1.82, 2.24) is 9.62 Å². The van der Waals surface area contributed by atoms with Crippen molar-refractivity contribution >= 4 is 33.0 Å². The van der Waals surface area contributed by atoms with Gasteiger partial charge in [-0.15, -0.1) is 0 Å². The molecule has 3 fully saturated rings. The molecule has 0 aromatic heterocycles. The number of hydrogen-bond donors (Lipinski definition) is 2. The monoisotopic (exact) mass is 423 g/mol. The number of thiocarbonyl (C=S) groups is 1. The Balaban J connectivity index is 1.33. The molecule has 2 N–H and O–H groups in total. The molecule has 2 saturated carbocycles. The Kier molecular flexibility index (Phi) is 5.92. The van der Waals surface area contributed by atoms with Crippen LogP contribution in [0.3, 0.4) is 0 Å². The highest BCUT2D eigenvalue weighted by molar-refractivity contribution is 7.89. The van der Waals surface area contributed by atoms with E-state index in [1.54, 1.807) is 24.3 Å². The van der Waals surface area contributed by atoms with E-state index >= 15 is 0 Å². The Morgan fingerprint density at radius 1 is 1.18 bits per heavy atom. The van der Waals surface area contributed by atoms with E-state index in [4.69, 9.17) is 17.0 Å². The molecule has 3 aliphatic rings. The van der Waals surface area contributed by atoms with Gasteiger partial charge in [0.25, 0.3) is 0 Å². The summed E-state index contributed by atoms with van der Waals surface area (Å²) >= 11 is 5.48. The maximum atomic E-state index is 12.7. The molecular formula is C20H29N3O3S2. The van der Waals surface area contributed by atoms with E-state index in [0.717, 1.165) is 17.5 Å². The van der Waals surface area contributed by atoms with Crippen LogP contribution >= 0.6 is 12.2 Å². The highest BCUT2D eigenvalue weighted by atomic mass is 32.2. The minimum Gasteiger partial charge on any atom is -0.379 e. The Labute approximate surface area is 173 Å². The number of morpholine rings is 1. The molecule has 4 rings (SSSR count). The minimum atomic E-state index is -3.47. The molecule has 1 aromatic rings. The van der Waals surface area contributed by atoms with E-state index in [-0.39, 0.29) is 0 Å². The first-order valence-corrected chi connectivity index (χ1v) is 12.0. The van der Waals surface area contributed by atoms with E-state index in [2.05, 4.69) is 17.6 Å². The van der Waals surface area contributed by atoms with Crippen LogP contribution in [0, 0.1) is 17.8 Å². The second-order valence-electron chi connectivity index (χ2n) is 8.27. The van der Waals surface area contributed by atoms with Crippen molar-refractivity contribution in [2.45, 2.75) is 43.5 Å². The molecule has 1 aromatic carbocycles. The fraction of sp³-hybridized carbons (Fsp3) is 0.650. The number of nitrogens with one attached hydrogen (secondary N) is 2. The van der Waals surface area contributed by atoms with E-state index in [9.17, 15) is 8.42 Å². The predicted octanol–water partition coefficient (Wildman–Crippen LogP) is 2.82. The number of anilines is 1. The number of fused-ring (bicyclic) bond motifs is 2. The first-order valence-electron chi connectivity index (χ1n) is 10.2. The van der Waals surface area contributed by atoms with Gasteiger partial charge in [0.2, 0.25) is 10.0 Å². The Morgan fingerprint density at radius 2 is 1.89 bits per heavy atom. The number of benzene rings is 1. The molecule has 2 aliphatic carbocycles. The van der Waals surface area contributed by atoms with E-state index in [0.29, 0.717) is 48.3 Å². The standard InChI is InChI=1S/C20H29N3O3S2/c1-14(19-13-15-2-3-16(19)12-15)21-20(27)22-17-4-6-18(7-5-17)28(24,25)23-8-10-26-11-9-23/h4-7,14-16,19H,2-3,8-13H2,1H3,(H2,21,22,27)/t14-,15+,16+,19+/m1/s1. The van der Waals surface area contributed by atoms with E-state index in [1.807, 2.05) is 0 Å². The van der Waals surface area contributed by atoms with Crippen molar-refractivity contribution in [3.05, 3.63) is 24.3 Å². The molecular weight excluding hydrogens is 394 g/mol. The first-order chi connectivity index (χ1) is 13.4. The van der Waals surface area contributed by atoms with Gasteiger partial charge in [0.15, 0.2) is 5.11 Å². The summed E-state index contributed by atoms with van der Waals surface area (Å²) in [7, 11) is -3.47. The first kappa shape index (κ1) is 20.1. The van der Waals surface area contributed by atoms with Crippen LogP contribution in [0.1, 0.15) is 32.6 Å². The van der Waals surface area contributed by atoms with Gasteiger partial charge in [-0.2, -0.15) is 4.31 Å². The molecule has 0 spiro atoms. The maximum Gasteiger partial charge on any atom is 0.243 e. The highest BCUT2D eigenvalue weighted by Gasteiger charge is 2.41. The van der Waals surface area contributed by atoms with Gasteiger partial charge >= 0.3 is 0 Å². The second-order valence-corrected chi connectivity index (χ2v) is 10.6. The molecule has 28 heavy (non-hydrogen) atoms. The molecule has 0 unspecified atom stereocenters. The molecule has 6 nitrogen and oxygen atoms in total. The van der Waals surface area contributed by atoms with Crippen LogP contribution in [0.25, 0.3) is 0 Å². The summed E-state index contributed by atoms with van der Waals surface area (Å²) < 4.78 is 32.1. The summed E-state index contributed by atoms with van der Waals surface area (Å²) in [5.74, 6) is 2.47. The third kappa shape index (κ3) is 4.20. The lowest BCUT2D eigenvalue weighted by atomic mass is 9.84. The van der Waals surface area contributed by atoms with Crippen LogP contribution in [0.4, 0.5) is 5.69 Å². The van der Waals surface area contributed by atoms with Gasteiger partial charge < -0.3 is 15.4 Å². The van der Waals surface area contributed by atoms with Crippen molar-refractivity contribution in [3.8, 4) is 0 Å². The minimum absolute atomic E-state index is 0.300. The number of hydrogen-bond acceptors (Lipinski definition) is 4. The van der Waals surface area contributed by atoms with Crippen LogP contribution in [-0.4, -0.2) is 50.2 Å². The zero-order valence-electron chi connectivity index (χ0n) is 16.3. The Bertz CT molecular complexity index is 806. The second kappa shape index (κ2) is 8.26. The van der Waals surface area contributed by atoms with Crippen LogP contribution in [0.5, 0.6) is 0 Å². The van der Waals surface area contributed by atoms with Crippen molar-refractivity contribution in [2.75, 3.05) is 31.6 Å². The lowest BCUT2D eigenvalue weighted by Crippen LogP contribution is -2.42. The molecule has 154 valence electrons. The third-order valence-corrected chi connectivity index (χ3v) is 8.65. The number of nitrogens with zero attached hydrogens (tertiary/aromatic N) is 1. The van der Waals surface area contributed by atoms with Crippen LogP contribution < -0.4 is 10.6 Å². The van der Waals surface area contributed by atoms with Crippen LogP contribution in [0.15, 0.2) is 29.2 Å². The van der Waals surface area contributed by atoms with Crippen LogP contribution in [-0.2, 0) is 14.8 Å². The summed E-state index contributed by atoms with van der Waals surface area (Å²) in [6, 6.07) is 7.16. The molecule has 1 heterocycles.